The Bertz CT molecular complexity index is 600. The van der Waals surface area contributed by atoms with Gasteiger partial charge in [0.05, 0.1) is 5.56 Å². The molecule has 1 aromatic heterocycles. The standard InChI is InChI=1S/C13H10BrF3N2O/c1-2-11-18-10(14)7-12(19-11)20-9-5-3-8(4-6-9)13(15,16)17/h3-7H,2H2,1H3. The molecule has 106 valence electrons. The zero-order chi connectivity index (χ0) is 14.8. The Morgan fingerprint density at radius 2 is 1.80 bits per heavy atom. The van der Waals surface area contributed by atoms with Gasteiger partial charge in [0.2, 0.25) is 5.88 Å². The number of aromatic nitrogens is 2. The minimum absolute atomic E-state index is 0.281. The van der Waals surface area contributed by atoms with E-state index in [0.29, 0.717) is 16.8 Å². The van der Waals surface area contributed by atoms with Gasteiger partial charge in [-0.15, -0.1) is 0 Å². The topological polar surface area (TPSA) is 35.0 Å². The van der Waals surface area contributed by atoms with Crippen molar-refractivity contribution in [1.82, 2.24) is 9.97 Å². The molecule has 0 atom stereocenters. The van der Waals surface area contributed by atoms with Gasteiger partial charge in [-0.05, 0) is 40.2 Å². The van der Waals surface area contributed by atoms with Gasteiger partial charge in [0.1, 0.15) is 16.2 Å². The van der Waals surface area contributed by atoms with Gasteiger partial charge < -0.3 is 4.74 Å². The van der Waals surface area contributed by atoms with Crippen LogP contribution >= 0.6 is 15.9 Å². The Balaban J connectivity index is 2.20. The van der Waals surface area contributed by atoms with E-state index in [0.717, 1.165) is 12.1 Å². The first-order valence-electron chi connectivity index (χ1n) is 5.77. The first-order valence-corrected chi connectivity index (χ1v) is 6.56. The van der Waals surface area contributed by atoms with E-state index in [9.17, 15) is 13.2 Å². The summed E-state index contributed by atoms with van der Waals surface area (Å²) in [4.78, 5) is 8.25. The lowest BCUT2D eigenvalue weighted by Gasteiger charge is -2.09. The Kier molecular flexibility index (Phi) is 4.27. The Hall–Kier alpha value is -1.63. The summed E-state index contributed by atoms with van der Waals surface area (Å²) in [5.41, 5.74) is -0.719. The number of ether oxygens (including phenoxy) is 1. The van der Waals surface area contributed by atoms with E-state index in [2.05, 4.69) is 25.9 Å². The van der Waals surface area contributed by atoms with Crippen LogP contribution in [0.4, 0.5) is 13.2 Å². The molecule has 2 aromatic rings. The minimum atomic E-state index is -4.36. The van der Waals surface area contributed by atoms with Crippen molar-refractivity contribution >= 4 is 15.9 Å². The number of nitrogens with zero attached hydrogens (tertiary/aromatic N) is 2. The fourth-order valence-electron chi connectivity index (χ4n) is 1.49. The van der Waals surface area contributed by atoms with Crippen LogP contribution in [0.15, 0.2) is 34.9 Å². The van der Waals surface area contributed by atoms with Gasteiger partial charge in [-0.3, -0.25) is 0 Å². The highest BCUT2D eigenvalue weighted by Crippen LogP contribution is 2.31. The quantitative estimate of drug-likeness (QED) is 0.761. The van der Waals surface area contributed by atoms with Crippen LogP contribution in [0.25, 0.3) is 0 Å². The molecule has 0 N–H and O–H groups in total. The van der Waals surface area contributed by atoms with Crippen molar-refractivity contribution in [2.75, 3.05) is 0 Å². The zero-order valence-corrected chi connectivity index (χ0v) is 12.0. The van der Waals surface area contributed by atoms with E-state index in [1.54, 1.807) is 6.07 Å². The molecule has 0 radical (unpaired) electrons. The molecule has 20 heavy (non-hydrogen) atoms. The average Bonchev–Trinajstić information content (AvgIpc) is 2.37. The molecule has 0 saturated carbocycles. The molecule has 0 aliphatic heterocycles. The van der Waals surface area contributed by atoms with E-state index < -0.39 is 11.7 Å². The Labute approximate surface area is 122 Å². The highest BCUT2D eigenvalue weighted by atomic mass is 79.9. The third-order valence-electron chi connectivity index (χ3n) is 2.44. The lowest BCUT2D eigenvalue weighted by Crippen LogP contribution is -2.04. The van der Waals surface area contributed by atoms with E-state index in [-0.39, 0.29) is 11.6 Å². The molecule has 0 spiro atoms. The van der Waals surface area contributed by atoms with E-state index in [1.807, 2.05) is 6.92 Å². The molecule has 0 amide bonds. The summed E-state index contributed by atoms with van der Waals surface area (Å²) in [7, 11) is 0. The van der Waals surface area contributed by atoms with Gasteiger partial charge in [-0.2, -0.15) is 18.2 Å². The van der Waals surface area contributed by atoms with E-state index in [1.165, 1.54) is 12.1 Å². The van der Waals surface area contributed by atoms with Crippen LogP contribution in [-0.4, -0.2) is 9.97 Å². The normalized spacial score (nSPS) is 11.4. The largest absolute Gasteiger partial charge is 0.439 e. The number of halogens is 4. The third-order valence-corrected chi connectivity index (χ3v) is 2.84. The zero-order valence-electron chi connectivity index (χ0n) is 10.4. The van der Waals surface area contributed by atoms with E-state index >= 15 is 0 Å². The summed E-state index contributed by atoms with van der Waals surface area (Å²) in [5, 5.41) is 0. The number of hydrogen-bond donors (Lipinski definition) is 0. The number of hydrogen-bond acceptors (Lipinski definition) is 3. The van der Waals surface area contributed by atoms with Crippen LogP contribution in [0.2, 0.25) is 0 Å². The van der Waals surface area contributed by atoms with Crippen LogP contribution < -0.4 is 4.74 Å². The number of alkyl halides is 3. The molecule has 0 bridgehead atoms. The fraction of sp³-hybridized carbons (Fsp3) is 0.231. The molecule has 0 saturated heterocycles. The number of rotatable bonds is 3. The smallest absolute Gasteiger partial charge is 0.416 e. The molecule has 0 aliphatic carbocycles. The summed E-state index contributed by atoms with van der Waals surface area (Å²) < 4.78 is 43.3. The molecule has 1 aromatic carbocycles. The molecular weight excluding hydrogens is 337 g/mol. The predicted molar refractivity (Wildman–Crippen MR) is 70.6 cm³/mol. The van der Waals surface area contributed by atoms with Crippen LogP contribution in [0.3, 0.4) is 0 Å². The maximum Gasteiger partial charge on any atom is 0.416 e. The molecule has 0 unspecified atom stereocenters. The van der Waals surface area contributed by atoms with Crippen molar-refractivity contribution < 1.29 is 17.9 Å². The molecule has 2 rings (SSSR count). The second-order valence-corrected chi connectivity index (χ2v) is 4.74. The minimum Gasteiger partial charge on any atom is -0.439 e. The lowest BCUT2D eigenvalue weighted by molar-refractivity contribution is -0.137. The van der Waals surface area contributed by atoms with Crippen molar-refractivity contribution in [3.63, 3.8) is 0 Å². The van der Waals surface area contributed by atoms with Crippen molar-refractivity contribution in [2.45, 2.75) is 19.5 Å². The second-order valence-electron chi connectivity index (χ2n) is 3.92. The number of benzene rings is 1. The highest BCUT2D eigenvalue weighted by Gasteiger charge is 2.30. The molecule has 0 aliphatic rings. The van der Waals surface area contributed by atoms with Crippen molar-refractivity contribution in [1.29, 1.82) is 0 Å². The highest BCUT2D eigenvalue weighted by molar-refractivity contribution is 9.10. The second kappa shape index (κ2) is 5.78. The van der Waals surface area contributed by atoms with Gasteiger partial charge in [0, 0.05) is 12.5 Å². The maximum atomic E-state index is 12.4. The summed E-state index contributed by atoms with van der Waals surface area (Å²) >= 11 is 3.22. The third kappa shape index (κ3) is 3.69. The van der Waals surface area contributed by atoms with Gasteiger partial charge in [0.25, 0.3) is 0 Å². The van der Waals surface area contributed by atoms with Crippen LogP contribution in [0.5, 0.6) is 11.6 Å². The lowest BCUT2D eigenvalue weighted by atomic mass is 10.2. The number of aryl methyl sites for hydroxylation is 1. The summed E-state index contributed by atoms with van der Waals surface area (Å²) in [5.74, 6) is 1.15. The fourth-order valence-corrected chi connectivity index (χ4v) is 1.89. The summed E-state index contributed by atoms with van der Waals surface area (Å²) in [6.45, 7) is 1.89. The molecule has 1 heterocycles. The van der Waals surface area contributed by atoms with Gasteiger partial charge in [-0.1, -0.05) is 6.92 Å². The van der Waals surface area contributed by atoms with Gasteiger partial charge in [0.15, 0.2) is 0 Å². The first kappa shape index (κ1) is 14.8. The molecule has 3 nitrogen and oxygen atoms in total. The SMILES string of the molecule is CCc1nc(Br)cc(Oc2ccc(C(F)(F)F)cc2)n1. The van der Waals surface area contributed by atoms with Crippen LogP contribution in [0.1, 0.15) is 18.3 Å². The Morgan fingerprint density at radius 3 is 2.35 bits per heavy atom. The van der Waals surface area contributed by atoms with Crippen molar-refractivity contribution in [2.24, 2.45) is 0 Å². The van der Waals surface area contributed by atoms with Crippen molar-refractivity contribution in [3.05, 3.63) is 46.3 Å². The summed E-state index contributed by atoms with van der Waals surface area (Å²) in [6, 6.07) is 5.99. The van der Waals surface area contributed by atoms with Gasteiger partial charge in [-0.25, -0.2) is 4.98 Å². The monoisotopic (exact) mass is 346 g/mol. The van der Waals surface area contributed by atoms with Crippen LogP contribution in [-0.2, 0) is 12.6 Å². The molecular formula is C13H10BrF3N2O. The maximum absolute atomic E-state index is 12.4. The first-order chi connectivity index (χ1) is 9.38. The summed E-state index contributed by atoms with van der Waals surface area (Å²) in [6.07, 6.45) is -3.73. The average molecular weight is 347 g/mol. The molecule has 7 heteroatoms. The Morgan fingerprint density at radius 1 is 1.15 bits per heavy atom. The molecule has 0 fully saturated rings. The van der Waals surface area contributed by atoms with Crippen LogP contribution in [0, 0.1) is 0 Å². The van der Waals surface area contributed by atoms with E-state index in [4.69, 9.17) is 4.74 Å². The van der Waals surface area contributed by atoms with Gasteiger partial charge >= 0.3 is 6.18 Å². The predicted octanol–water partition coefficient (Wildman–Crippen LogP) is 4.61. The van der Waals surface area contributed by atoms with Crippen molar-refractivity contribution in [3.8, 4) is 11.6 Å².